The van der Waals surface area contributed by atoms with Crippen molar-refractivity contribution in [3.63, 3.8) is 0 Å². The Hall–Kier alpha value is -0.610. The molecule has 2 atom stereocenters. The Bertz CT molecular complexity index is 327. The monoisotopic (exact) mass is 296 g/mol. The summed E-state index contributed by atoms with van der Waals surface area (Å²) in [6, 6.07) is 0.524. The Kier molecular flexibility index (Phi) is 6.49. The van der Waals surface area contributed by atoms with Gasteiger partial charge in [0.05, 0.1) is 13.7 Å². The van der Waals surface area contributed by atoms with Crippen LogP contribution in [0.3, 0.4) is 0 Å². The van der Waals surface area contributed by atoms with Crippen molar-refractivity contribution < 1.29 is 9.53 Å². The van der Waals surface area contributed by atoms with E-state index in [4.69, 9.17) is 4.74 Å². The van der Waals surface area contributed by atoms with E-state index in [1.807, 2.05) is 0 Å². The van der Waals surface area contributed by atoms with Crippen LogP contribution in [0.4, 0.5) is 0 Å². The molecule has 21 heavy (non-hydrogen) atoms. The van der Waals surface area contributed by atoms with Gasteiger partial charge in [-0.05, 0) is 43.6 Å². The van der Waals surface area contributed by atoms with Gasteiger partial charge >= 0.3 is 5.97 Å². The molecule has 1 aliphatic carbocycles. The summed E-state index contributed by atoms with van der Waals surface area (Å²) < 4.78 is 4.82. The predicted octanol–water partition coefficient (Wildman–Crippen LogP) is 2.29. The molecular formula is C17H32N2O2. The van der Waals surface area contributed by atoms with Gasteiger partial charge in [0.1, 0.15) is 0 Å². The molecule has 0 bridgehead atoms. The second-order valence-corrected chi connectivity index (χ2v) is 7.27. The first-order valence-electron chi connectivity index (χ1n) is 8.61. The summed E-state index contributed by atoms with van der Waals surface area (Å²) >= 11 is 0. The molecule has 122 valence electrons. The fourth-order valence-corrected chi connectivity index (χ4v) is 3.79. The number of methoxy groups -OCH3 is 1. The van der Waals surface area contributed by atoms with E-state index in [0.717, 1.165) is 25.6 Å². The highest BCUT2D eigenvalue weighted by molar-refractivity contribution is 5.71. The van der Waals surface area contributed by atoms with Gasteiger partial charge in [0.2, 0.25) is 0 Å². The lowest BCUT2D eigenvalue weighted by Gasteiger charge is -2.39. The van der Waals surface area contributed by atoms with Gasteiger partial charge in [0.15, 0.2) is 0 Å². The third kappa shape index (κ3) is 5.26. The maximum Gasteiger partial charge on any atom is 0.319 e. The Labute approximate surface area is 129 Å². The molecule has 0 aromatic rings. The smallest absolute Gasteiger partial charge is 0.319 e. The van der Waals surface area contributed by atoms with E-state index in [9.17, 15) is 4.79 Å². The number of hydrogen-bond donors (Lipinski definition) is 1. The van der Waals surface area contributed by atoms with Gasteiger partial charge in [-0.1, -0.05) is 26.7 Å². The molecule has 1 saturated carbocycles. The minimum Gasteiger partial charge on any atom is -0.468 e. The number of nitrogens with one attached hydrogen (secondary N) is 1. The van der Waals surface area contributed by atoms with Gasteiger partial charge in [-0.25, -0.2) is 0 Å². The van der Waals surface area contributed by atoms with Crippen molar-refractivity contribution in [1.29, 1.82) is 0 Å². The third-order valence-electron chi connectivity index (χ3n) is 5.25. The second kappa shape index (κ2) is 8.14. The van der Waals surface area contributed by atoms with Crippen molar-refractivity contribution in [2.24, 2.45) is 17.8 Å². The fourth-order valence-electron chi connectivity index (χ4n) is 3.79. The van der Waals surface area contributed by atoms with Crippen LogP contribution in [0.5, 0.6) is 0 Å². The molecule has 2 fully saturated rings. The van der Waals surface area contributed by atoms with E-state index >= 15 is 0 Å². The number of hydrogen-bond acceptors (Lipinski definition) is 4. The Morgan fingerprint density at radius 1 is 1.29 bits per heavy atom. The first kappa shape index (κ1) is 16.8. The van der Waals surface area contributed by atoms with E-state index in [1.54, 1.807) is 0 Å². The molecule has 0 amide bonds. The molecule has 2 unspecified atom stereocenters. The van der Waals surface area contributed by atoms with Crippen LogP contribution in [0, 0.1) is 17.8 Å². The van der Waals surface area contributed by atoms with Gasteiger partial charge in [-0.15, -0.1) is 0 Å². The highest BCUT2D eigenvalue weighted by atomic mass is 16.5. The summed E-state index contributed by atoms with van der Waals surface area (Å²) in [5, 5.41) is 3.78. The van der Waals surface area contributed by atoms with E-state index in [-0.39, 0.29) is 5.97 Å². The maximum atomic E-state index is 11.5. The van der Waals surface area contributed by atoms with Crippen LogP contribution in [0.2, 0.25) is 0 Å². The van der Waals surface area contributed by atoms with Crippen molar-refractivity contribution in [3.05, 3.63) is 0 Å². The lowest BCUT2D eigenvalue weighted by molar-refractivity contribution is -0.142. The Morgan fingerprint density at radius 3 is 2.62 bits per heavy atom. The number of ether oxygens (including phenoxy) is 1. The molecule has 1 saturated heterocycles. The molecule has 2 rings (SSSR count). The van der Waals surface area contributed by atoms with Crippen molar-refractivity contribution >= 4 is 5.97 Å². The number of rotatable bonds is 6. The minimum atomic E-state index is -0.117. The molecule has 0 radical (unpaired) electrons. The molecular weight excluding hydrogens is 264 g/mol. The predicted molar refractivity (Wildman–Crippen MR) is 85.1 cm³/mol. The highest BCUT2D eigenvalue weighted by Crippen LogP contribution is 2.26. The number of nitrogens with zero attached hydrogens (tertiary/aromatic N) is 1. The lowest BCUT2D eigenvalue weighted by atomic mass is 9.85. The second-order valence-electron chi connectivity index (χ2n) is 7.27. The largest absolute Gasteiger partial charge is 0.468 e. The normalized spacial score (nSPS) is 28.2. The van der Waals surface area contributed by atoms with E-state index in [1.165, 1.54) is 39.2 Å². The highest BCUT2D eigenvalue weighted by Gasteiger charge is 2.30. The summed E-state index contributed by atoms with van der Waals surface area (Å²) in [7, 11) is 1.47. The molecule has 1 aliphatic heterocycles. The standard InChI is InChI=1S/C17H32N2O2/c1-13(2)15-8-16(18-9-14-6-4-5-7-14)11-19(10-15)12-17(20)21-3/h13-16,18H,4-12H2,1-3H3. The van der Waals surface area contributed by atoms with Gasteiger partial charge in [0, 0.05) is 19.1 Å². The summed E-state index contributed by atoms with van der Waals surface area (Å²) in [4.78, 5) is 13.8. The Morgan fingerprint density at radius 2 is 2.00 bits per heavy atom. The third-order valence-corrected chi connectivity index (χ3v) is 5.25. The quantitative estimate of drug-likeness (QED) is 0.764. The zero-order valence-electron chi connectivity index (χ0n) is 13.9. The van der Waals surface area contributed by atoms with Crippen LogP contribution in [-0.2, 0) is 9.53 Å². The van der Waals surface area contributed by atoms with E-state index in [2.05, 4.69) is 24.1 Å². The Balaban J connectivity index is 1.84. The molecule has 4 nitrogen and oxygen atoms in total. The minimum absolute atomic E-state index is 0.117. The van der Waals surface area contributed by atoms with Crippen LogP contribution in [0.25, 0.3) is 0 Å². The van der Waals surface area contributed by atoms with E-state index < -0.39 is 0 Å². The van der Waals surface area contributed by atoms with Crippen molar-refractivity contribution in [3.8, 4) is 0 Å². The average molecular weight is 296 g/mol. The maximum absolute atomic E-state index is 11.5. The van der Waals surface area contributed by atoms with Crippen LogP contribution in [0.15, 0.2) is 0 Å². The van der Waals surface area contributed by atoms with Gasteiger partial charge < -0.3 is 10.1 Å². The van der Waals surface area contributed by atoms with Crippen molar-refractivity contribution in [2.75, 3.05) is 33.3 Å². The van der Waals surface area contributed by atoms with Gasteiger partial charge in [0.25, 0.3) is 0 Å². The van der Waals surface area contributed by atoms with Crippen LogP contribution < -0.4 is 5.32 Å². The van der Waals surface area contributed by atoms with Gasteiger partial charge in [-0.2, -0.15) is 0 Å². The molecule has 2 aliphatic rings. The summed E-state index contributed by atoms with van der Waals surface area (Å²) in [6.07, 6.45) is 6.82. The number of esters is 1. The van der Waals surface area contributed by atoms with Crippen LogP contribution >= 0.6 is 0 Å². The summed E-state index contributed by atoms with van der Waals surface area (Å²) in [6.45, 7) is 8.17. The molecule has 0 spiro atoms. The average Bonchev–Trinajstić information content (AvgIpc) is 2.98. The van der Waals surface area contributed by atoms with Gasteiger partial charge in [-0.3, -0.25) is 9.69 Å². The fraction of sp³-hybridized carbons (Fsp3) is 0.941. The van der Waals surface area contributed by atoms with E-state index in [0.29, 0.717) is 24.4 Å². The number of likely N-dealkylation sites (tertiary alicyclic amines) is 1. The number of piperidine rings is 1. The molecule has 4 heteroatoms. The zero-order valence-corrected chi connectivity index (χ0v) is 13.9. The number of carbonyl (C=O) groups is 1. The molecule has 0 aromatic carbocycles. The molecule has 0 aromatic heterocycles. The van der Waals surface area contributed by atoms with Crippen LogP contribution in [0.1, 0.15) is 46.0 Å². The zero-order chi connectivity index (χ0) is 15.2. The lowest BCUT2D eigenvalue weighted by Crippen LogP contribution is -2.52. The summed E-state index contributed by atoms with van der Waals surface area (Å²) in [5.74, 6) is 2.10. The summed E-state index contributed by atoms with van der Waals surface area (Å²) in [5.41, 5.74) is 0. The van der Waals surface area contributed by atoms with Crippen molar-refractivity contribution in [2.45, 2.75) is 52.0 Å². The SMILES string of the molecule is COC(=O)CN1CC(NCC2CCCC2)CC(C(C)C)C1. The van der Waals surface area contributed by atoms with Crippen LogP contribution in [-0.4, -0.2) is 50.2 Å². The topological polar surface area (TPSA) is 41.6 Å². The first-order valence-corrected chi connectivity index (χ1v) is 8.61. The number of carbonyl (C=O) groups excluding carboxylic acids is 1. The molecule has 1 N–H and O–H groups in total. The first-order chi connectivity index (χ1) is 10.1. The molecule has 1 heterocycles. The van der Waals surface area contributed by atoms with Crippen molar-refractivity contribution in [1.82, 2.24) is 10.2 Å².